The van der Waals surface area contributed by atoms with Gasteiger partial charge in [0.1, 0.15) is 0 Å². The van der Waals surface area contributed by atoms with Gasteiger partial charge in [-0.1, -0.05) is 12.8 Å². The van der Waals surface area contributed by atoms with Gasteiger partial charge in [-0.3, -0.25) is 4.79 Å². The molecule has 0 bridgehead atoms. The fourth-order valence-electron chi connectivity index (χ4n) is 2.58. The van der Waals surface area contributed by atoms with E-state index in [1.54, 1.807) is 4.90 Å². The van der Waals surface area contributed by atoms with Crippen molar-refractivity contribution < 1.29 is 14.6 Å². The van der Waals surface area contributed by atoms with Gasteiger partial charge in [0.25, 0.3) is 0 Å². The number of nitrogens with two attached hydrogens (primary N) is 1. The normalized spacial score (nSPS) is 29.4. The van der Waals surface area contributed by atoms with Crippen LogP contribution in [-0.4, -0.2) is 53.9 Å². The molecule has 5 heteroatoms. The maximum Gasteiger partial charge on any atom is 0.243 e. The fourth-order valence-corrected chi connectivity index (χ4v) is 2.58. The first-order valence-electron chi connectivity index (χ1n) is 5.96. The molecule has 0 aromatic rings. The zero-order chi connectivity index (χ0) is 11.6. The first kappa shape index (κ1) is 11.8. The third-order valence-corrected chi connectivity index (χ3v) is 3.62. The van der Waals surface area contributed by atoms with Gasteiger partial charge in [-0.05, 0) is 12.8 Å². The summed E-state index contributed by atoms with van der Waals surface area (Å²) in [6, 6.07) is -0.220. The number of amides is 1. The summed E-state index contributed by atoms with van der Waals surface area (Å²) in [5.74, 6) is -0.00708. The van der Waals surface area contributed by atoms with Crippen molar-refractivity contribution in [2.24, 2.45) is 5.73 Å². The molecule has 1 saturated heterocycles. The molecule has 2 fully saturated rings. The Hall–Kier alpha value is -0.650. The number of hydrogen-bond acceptors (Lipinski definition) is 4. The number of ether oxygens (including phenoxy) is 1. The van der Waals surface area contributed by atoms with Crippen LogP contribution in [-0.2, 0) is 9.53 Å². The molecule has 1 unspecified atom stereocenters. The maximum absolute atomic E-state index is 12.3. The highest BCUT2D eigenvalue weighted by Gasteiger charge is 2.42. The summed E-state index contributed by atoms with van der Waals surface area (Å²) in [6.45, 7) is 1.45. The molecule has 3 N–H and O–H groups in total. The predicted octanol–water partition coefficient (Wildman–Crippen LogP) is -0.522. The van der Waals surface area contributed by atoms with Gasteiger partial charge in [-0.2, -0.15) is 0 Å². The van der Waals surface area contributed by atoms with E-state index in [-0.39, 0.29) is 18.6 Å². The van der Waals surface area contributed by atoms with Crippen LogP contribution in [0.25, 0.3) is 0 Å². The Labute approximate surface area is 95.5 Å². The second kappa shape index (κ2) is 4.69. The van der Waals surface area contributed by atoms with E-state index in [2.05, 4.69) is 0 Å². The van der Waals surface area contributed by atoms with Crippen molar-refractivity contribution in [1.29, 1.82) is 0 Å². The third-order valence-electron chi connectivity index (χ3n) is 3.62. The third kappa shape index (κ3) is 2.07. The Morgan fingerprint density at radius 2 is 2.19 bits per heavy atom. The number of carbonyl (C=O) groups excluding carboxylic acids is 1. The molecule has 92 valence electrons. The lowest BCUT2D eigenvalue weighted by atomic mass is 9.96. The summed E-state index contributed by atoms with van der Waals surface area (Å²) in [6.07, 6.45) is 3.58. The van der Waals surface area contributed by atoms with E-state index in [0.717, 1.165) is 25.7 Å². The van der Waals surface area contributed by atoms with Crippen LogP contribution in [0.15, 0.2) is 0 Å². The van der Waals surface area contributed by atoms with Crippen molar-refractivity contribution in [3.05, 3.63) is 0 Å². The van der Waals surface area contributed by atoms with Gasteiger partial charge in [0, 0.05) is 6.54 Å². The summed E-state index contributed by atoms with van der Waals surface area (Å²) in [5.41, 5.74) is 5.45. The van der Waals surface area contributed by atoms with Crippen molar-refractivity contribution in [3.8, 4) is 0 Å². The van der Waals surface area contributed by atoms with Crippen molar-refractivity contribution in [3.63, 3.8) is 0 Å². The molecule has 1 aliphatic heterocycles. The van der Waals surface area contributed by atoms with Crippen LogP contribution in [0.2, 0.25) is 0 Å². The number of aliphatic hydroxyl groups excluding tert-OH is 1. The molecule has 2 rings (SSSR count). The fraction of sp³-hybridized carbons (Fsp3) is 0.909. The van der Waals surface area contributed by atoms with Crippen molar-refractivity contribution in [2.75, 3.05) is 26.4 Å². The van der Waals surface area contributed by atoms with Crippen molar-refractivity contribution in [2.45, 2.75) is 37.3 Å². The standard InChI is InChI=1S/C11H20N2O3/c12-11(3-1-2-4-11)10(15)13-5-6-16-8-9(13)7-14/h9,14H,1-8,12H2. The summed E-state index contributed by atoms with van der Waals surface area (Å²) < 4.78 is 5.25. The van der Waals surface area contributed by atoms with Crippen molar-refractivity contribution >= 4 is 5.91 Å². The predicted molar refractivity (Wildman–Crippen MR) is 58.8 cm³/mol. The molecule has 5 nitrogen and oxygen atoms in total. The Morgan fingerprint density at radius 1 is 1.50 bits per heavy atom. The Morgan fingerprint density at radius 3 is 2.81 bits per heavy atom. The van der Waals surface area contributed by atoms with Gasteiger partial charge in [-0.25, -0.2) is 0 Å². The molecule has 0 spiro atoms. The smallest absolute Gasteiger partial charge is 0.243 e. The Balaban J connectivity index is 2.07. The van der Waals surface area contributed by atoms with Crippen LogP contribution in [0.1, 0.15) is 25.7 Å². The highest BCUT2D eigenvalue weighted by Crippen LogP contribution is 2.30. The number of nitrogens with zero attached hydrogens (tertiary/aromatic N) is 1. The molecule has 0 aromatic carbocycles. The van der Waals surface area contributed by atoms with E-state index in [9.17, 15) is 9.90 Å². The van der Waals surface area contributed by atoms with Gasteiger partial charge >= 0.3 is 0 Å². The first-order chi connectivity index (χ1) is 7.67. The molecule has 1 atom stereocenters. The quantitative estimate of drug-likeness (QED) is 0.666. The van der Waals surface area contributed by atoms with Gasteiger partial charge in [0.05, 0.1) is 31.4 Å². The van der Waals surface area contributed by atoms with Crippen LogP contribution in [0, 0.1) is 0 Å². The molecule has 16 heavy (non-hydrogen) atoms. The summed E-state index contributed by atoms with van der Waals surface area (Å²) >= 11 is 0. The van der Waals surface area contributed by atoms with Gasteiger partial charge in [-0.15, -0.1) is 0 Å². The number of rotatable bonds is 2. The second-order valence-corrected chi connectivity index (χ2v) is 4.77. The van der Waals surface area contributed by atoms with Crippen LogP contribution in [0.3, 0.4) is 0 Å². The molecule has 1 amide bonds. The Kier molecular flexibility index (Phi) is 3.47. The molecule has 2 aliphatic rings. The number of hydrogen-bond donors (Lipinski definition) is 2. The van der Waals surface area contributed by atoms with E-state index >= 15 is 0 Å². The zero-order valence-electron chi connectivity index (χ0n) is 9.52. The maximum atomic E-state index is 12.3. The van der Waals surface area contributed by atoms with E-state index in [0.29, 0.717) is 19.8 Å². The molecular weight excluding hydrogens is 208 g/mol. The summed E-state index contributed by atoms with van der Waals surface area (Å²) in [7, 11) is 0. The molecular formula is C11H20N2O3. The molecule has 1 aliphatic carbocycles. The first-order valence-corrected chi connectivity index (χ1v) is 5.96. The average molecular weight is 228 g/mol. The highest BCUT2D eigenvalue weighted by molar-refractivity contribution is 5.86. The zero-order valence-corrected chi connectivity index (χ0v) is 9.52. The van der Waals surface area contributed by atoms with Crippen LogP contribution >= 0.6 is 0 Å². The highest BCUT2D eigenvalue weighted by atomic mass is 16.5. The molecule has 1 heterocycles. The Bertz CT molecular complexity index is 264. The van der Waals surface area contributed by atoms with Gasteiger partial charge in [0.15, 0.2) is 0 Å². The van der Waals surface area contributed by atoms with Crippen LogP contribution in [0.5, 0.6) is 0 Å². The topological polar surface area (TPSA) is 75.8 Å². The van der Waals surface area contributed by atoms with E-state index in [4.69, 9.17) is 10.5 Å². The van der Waals surface area contributed by atoms with Crippen LogP contribution < -0.4 is 5.73 Å². The number of carbonyl (C=O) groups is 1. The number of aliphatic hydroxyl groups is 1. The lowest BCUT2D eigenvalue weighted by molar-refractivity contribution is -0.147. The van der Waals surface area contributed by atoms with E-state index in [1.807, 2.05) is 0 Å². The van der Waals surface area contributed by atoms with Crippen LogP contribution in [0.4, 0.5) is 0 Å². The van der Waals surface area contributed by atoms with Crippen molar-refractivity contribution in [1.82, 2.24) is 4.90 Å². The monoisotopic (exact) mass is 228 g/mol. The molecule has 0 aromatic heterocycles. The molecule has 0 radical (unpaired) electrons. The minimum atomic E-state index is -0.690. The number of morpholine rings is 1. The minimum absolute atomic E-state index is 0.00708. The average Bonchev–Trinajstić information content (AvgIpc) is 2.76. The van der Waals surface area contributed by atoms with Gasteiger partial charge in [0.2, 0.25) is 5.91 Å². The van der Waals surface area contributed by atoms with Gasteiger partial charge < -0.3 is 20.5 Å². The minimum Gasteiger partial charge on any atom is -0.394 e. The van der Waals surface area contributed by atoms with E-state index in [1.165, 1.54) is 0 Å². The SMILES string of the molecule is NC1(C(=O)N2CCOCC2CO)CCCC1. The molecule has 1 saturated carbocycles. The second-order valence-electron chi connectivity index (χ2n) is 4.77. The largest absolute Gasteiger partial charge is 0.394 e. The lowest BCUT2D eigenvalue weighted by Crippen LogP contribution is -2.60. The van der Waals surface area contributed by atoms with E-state index < -0.39 is 5.54 Å². The summed E-state index contributed by atoms with van der Waals surface area (Å²) in [5, 5.41) is 9.22. The summed E-state index contributed by atoms with van der Waals surface area (Å²) in [4.78, 5) is 14.0. The lowest BCUT2D eigenvalue weighted by Gasteiger charge is -2.39.